The van der Waals surface area contributed by atoms with Gasteiger partial charge in [-0.2, -0.15) is 0 Å². The quantitative estimate of drug-likeness (QED) is 0.456. The van der Waals surface area contributed by atoms with Crippen LogP contribution in [0.15, 0.2) is 42.5 Å². The van der Waals surface area contributed by atoms with Crippen LogP contribution in [0.25, 0.3) is 0 Å². The highest BCUT2D eigenvalue weighted by molar-refractivity contribution is 7.99. The molecule has 0 spiro atoms. The Kier molecular flexibility index (Phi) is 8.63. The van der Waals surface area contributed by atoms with E-state index in [1.165, 1.54) is 23.9 Å². The number of anilines is 1. The summed E-state index contributed by atoms with van der Waals surface area (Å²) in [4.78, 5) is 11.9. The van der Waals surface area contributed by atoms with Crippen molar-refractivity contribution in [2.24, 2.45) is 0 Å². The van der Waals surface area contributed by atoms with Crippen LogP contribution in [0.5, 0.6) is 5.75 Å². The number of amides is 1. The van der Waals surface area contributed by atoms with Gasteiger partial charge in [-0.3, -0.25) is 15.6 Å². The van der Waals surface area contributed by atoms with Crippen LogP contribution >= 0.6 is 35.6 Å². The van der Waals surface area contributed by atoms with Crippen molar-refractivity contribution in [1.82, 2.24) is 10.9 Å². The number of carbonyl (C=O) groups is 1. The first kappa shape index (κ1) is 21.3. The number of ether oxygens (including phenoxy) is 1. The molecule has 2 aromatic carbocycles. The molecule has 27 heavy (non-hydrogen) atoms. The Balaban J connectivity index is 1.73. The largest absolute Gasteiger partial charge is 0.492 e. The van der Waals surface area contributed by atoms with Gasteiger partial charge in [0.1, 0.15) is 11.6 Å². The molecule has 0 fully saturated rings. The Labute approximate surface area is 172 Å². The van der Waals surface area contributed by atoms with Crippen molar-refractivity contribution in [1.29, 1.82) is 0 Å². The normalized spacial score (nSPS) is 10.2. The molecule has 3 N–H and O–H groups in total. The Morgan fingerprint density at radius 3 is 2.78 bits per heavy atom. The first-order chi connectivity index (χ1) is 13.0. The minimum Gasteiger partial charge on any atom is -0.492 e. The van der Waals surface area contributed by atoms with Gasteiger partial charge in [0.15, 0.2) is 5.11 Å². The van der Waals surface area contributed by atoms with Gasteiger partial charge in [0, 0.05) is 10.8 Å². The van der Waals surface area contributed by atoms with Gasteiger partial charge in [-0.05, 0) is 49.0 Å². The van der Waals surface area contributed by atoms with E-state index in [2.05, 4.69) is 16.2 Å². The van der Waals surface area contributed by atoms with Gasteiger partial charge >= 0.3 is 0 Å². The van der Waals surface area contributed by atoms with Crippen molar-refractivity contribution in [3.8, 4) is 5.75 Å². The van der Waals surface area contributed by atoms with Gasteiger partial charge in [-0.25, -0.2) is 4.39 Å². The molecule has 0 aliphatic heterocycles. The lowest BCUT2D eigenvalue weighted by atomic mass is 10.2. The lowest BCUT2D eigenvalue weighted by molar-refractivity contribution is -0.119. The number of hydrogen-bond acceptors (Lipinski definition) is 4. The van der Waals surface area contributed by atoms with Crippen LogP contribution in [0.1, 0.15) is 12.5 Å². The number of hydrazine groups is 1. The van der Waals surface area contributed by atoms with Crippen molar-refractivity contribution in [2.45, 2.75) is 12.7 Å². The number of halogens is 2. The lowest BCUT2D eigenvalue weighted by Crippen LogP contribution is -2.44. The van der Waals surface area contributed by atoms with Gasteiger partial charge in [-0.15, -0.1) is 11.8 Å². The average molecular weight is 428 g/mol. The molecule has 0 aromatic heterocycles. The van der Waals surface area contributed by atoms with Crippen LogP contribution in [-0.4, -0.2) is 23.4 Å². The number of rotatable bonds is 7. The third-order valence-electron chi connectivity index (χ3n) is 3.26. The predicted octanol–water partition coefficient (Wildman–Crippen LogP) is 4.13. The minimum absolute atomic E-state index is 0.193. The molecule has 5 nitrogen and oxygen atoms in total. The molecule has 0 unspecified atom stereocenters. The maximum atomic E-state index is 13.0. The Hall–Kier alpha value is -2.03. The highest BCUT2D eigenvalue weighted by Gasteiger charge is 2.07. The number of hydrogen-bond donors (Lipinski definition) is 3. The molecule has 0 atom stereocenters. The fraction of sp³-hybridized carbons (Fsp3) is 0.222. The van der Waals surface area contributed by atoms with E-state index in [1.54, 1.807) is 6.07 Å². The summed E-state index contributed by atoms with van der Waals surface area (Å²) in [6.45, 7) is 2.43. The molecule has 0 bridgehead atoms. The Morgan fingerprint density at radius 2 is 2.04 bits per heavy atom. The second-order valence-electron chi connectivity index (χ2n) is 5.29. The molecule has 0 aliphatic carbocycles. The van der Waals surface area contributed by atoms with E-state index < -0.39 is 0 Å². The molecule has 0 radical (unpaired) electrons. The van der Waals surface area contributed by atoms with Crippen LogP contribution in [-0.2, 0) is 10.5 Å². The second-order valence-corrected chi connectivity index (χ2v) is 7.09. The maximum absolute atomic E-state index is 13.0. The summed E-state index contributed by atoms with van der Waals surface area (Å²) >= 11 is 12.5. The molecule has 2 aromatic rings. The van der Waals surface area contributed by atoms with Crippen molar-refractivity contribution in [3.63, 3.8) is 0 Å². The molecular formula is C18H19ClFN3O2S2. The molecule has 0 saturated carbocycles. The molecule has 2 rings (SSSR count). The Bertz CT molecular complexity index is 808. The smallest absolute Gasteiger partial charge is 0.248 e. The zero-order valence-electron chi connectivity index (χ0n) is 14.6. The molecule has 9 heteroatoms. The van der Waals surface area contributed by atoms with Gasteiger partial charge in [-0.1, -0.05) is 29.8 Å². The number of thioether (sulfide) groups is 1. The zero-order valence-corrected chi connectivity index (χ0v) is 16.9. The van der Waals surface area contributed by atoms with Crippen LogP contribution in [0.3, 0.4) is 0 Å². The highest BCUT2D eigenvalue weighted by atomic mass is 35.5. The van der Waals surface area contributed by atoms with Crippen LogP contribution < -0.4 is 20.9 Å². The van der Waals surface area contributed by atoms with E-state index in [4.69, 9.17) is 28.6 Å². The monoisotopic (exact) mass is 427 g/mol. The molecular weight excluding hydrogens is 409 g/mol. The van der Waals surface area contributed by atoms with E-state index in [0.29, 0.717) is 28.8 Å². The molecule has 1 amide bonds. The average Bonchev–Trinajstić information content (AvgIpc) is 2.64. The van der Waals surface area contributed by atoms with E-state index in [0.717, 1.165) is 5.56 Å². The number of thiocarbonyl (C=S) groups is 1. The van der Waals surface area contributed by atoms with E-state index >= 15 is 0 Å². The first-order valence-electron chi connectivity index (χ1n) is 8.09. The summed E-state index contributed by atoms with van der Waals surface area (Å²) in [5.74, 6) is 0.723. The molecule has 0 saturated heterocycles. The van der Waals surface area contributed by atoms with Gasteiger partial charge in [0.05, 0.1) is 18.0 Å². The van der Waals surface area contributed by atoms with Gasteiger partial charge in [0.25, 0.3) is 0 Å². The van der Waals surface area contributed by atoms with Crippen LogP contribution in [0.4, 0.5) is 10.1 Å². The number of nitrogens with one attached hydrogen (secondary N) is 3. The number of para-hydroxylation sites is 2. The summed E-state index contributed by atoms with van der Waals surface area (Å²) in [5.41, 5.74) is 6.63. The Morgan fingerprint density at radius 1 is 1.26 bits per heavy atom. The van der Waals surface area contributed by atoms with Crippen LogP contribution in [0.2, 0.25) is 5.02 Å². The standard InChI is InChI=1S/C18H19ClFN3O2S2/c1-2-25-16-6-4-3-5-15(16)21-18(26)23-22-17(24)11-27-10-12-7-8-13(20)9-14(12)19/h3-9H,2,10-11H2,1H3,(H,22,24)(H2,21,23,26). The van der Waals surface area contributed by atoms with Crippen molar-refractivity contribution in [2.75, 3.05) is 17.7 Å². The minimum atomic E-state index is -0.386. The summed E-state index contributed by atoms with van der Waals surface area (Å²) in [7, 11) is 0. The van der Waals surface area contributed by atoms with Crippen molar-refractivity contribution < 1.29 is 13.9 Å². The van der Waals surface area contributed by atoms with Crippen molar-refractivity contribution in [3.05, 3.63) is 58.9 Å². The summed E-state index contributed by atoms with van der Waals surface area (Å²) in [6, 6.07) is 11.6. The fourth-order valence-corrected chi connectivity index (χ4v) is 3.37. The maximum Gasteiger partial charge on any atom is 0.248 e. The van der Waals surface area contributed by atoms with Gasteiger partial charge < -0.3 is 10.1 Å². The van der Waals surface area contributed by atoms with Gasteiger partial charge in [0.2, 0.25) is 5.91 Å². The molecule has 0 heterocycles. The third-order valence-corrected chi connectivity index (χ3v) is 4.79. The summed E-state index contributed by atoms with van der Waals surface area (Å²) in [6.07, 6.45) is 0. The van der Waals surface area contributed by atoms with Crippen LogP contribution in [0, 0.1) is 5.82 Å². The van der Waals surface area contributed by atoms with E-state index in [1.807, 2.05) is 31.2 Å². The fourth-order valence-electron chi connectivity index (χ4n) is 2.06. The third kappa shape index (κ3) is 7.24. The summed E-state index contributed by atoms with van der Waals surface area (Å²) < 4.78 is 18.5. The van der Waals surface area contributed by atoms with E-state index in [9.17, 15) is 9.18 Å². The zero-order chi connectivity index (χ0) is 19.6. The molecule has 0 aliphatic rings. The first-order valence-corrected chi connectivity index (χ1v) is 10.0. The van der Waals surface area contributed by atoms with Crippen molar-refractivity contribution >= 4 is 52.3 Å². The highest BCUT2D eigenvalue weighted by Crippen LogP contribution is 2.23. The predicted molar refractivity (Wildman–Crippen MR) is 113 cm³/mol. The second kappa shape index (κ2) is 11.0. The lowest BCUT2D eigenvalue weighted by Gasteiger charge is -2.14. The van der Waals surface area contributed by atoms with E-state index in [-0.39, 0.29) is 22.6 Å². The number of carbonyl (C=O) groups excluding carboxylic acids is 1. The summed E-state index contributed by atoms with van der Waals surface area (Å²) in [5, 5.41) is 3.55. The number of benzene rings is 2. The SMILES string of the molecule is CCOc1ccccc1NC(=S)NNC(=O)CSCc1ccc(F)cc1Cl. The molecule has 144 valence electrons. The topological polar surface area (TPSA) is 62.4 Å².